The quantitative estimate of drug-likeness (QED) is 0.178. The molecule has 14 heteroatoms. The van der Waals surface area contributed by atoms with Crippen molar-refractivity contribution in [2.45, 2.75) is 5.37 Å². The summed E-state index contributed by atoms with van der Waals surface area (Å²) in [4.78, 5) is 36.2. The van der Waals surface area contributed by atoms with Gasteiger partial charge in [0.15, 0.2) is 0 Å². The summed E-state index contributed by atoms with van der Waals surface area (Å²) >= 11 is 2.59. The van der Waals surface area contributed by atoms with Crippen LogP contribution in [0.15, 0.2) is 85.1 Å². The average molecular weight is 572 g/mol. The van der Waals surface area contributed by atoms with Crippen molar-refractivity contribution in [2.24, 2.45) is 0 Å². The molecule has 198 valence electrons. The fourth-order valence-corrected chi connectivity index (χ4v) is 6.41. The van der Waals surface area contributed by atoms with Gasteiger partial charge >= 0.3 is 0 Å². The van der Waals surface area contributed by atoms with E-state index in [2.05, 4.69) is 10.2 Å². The smallest absolute Gasteiger partial charge is 0.270 e. The molecule has 3 aromatic carbocycles. The Balaban J connectivity index is 1.42. The number of rotatable bonds is 7. The lowest BCUT2D eigenvalue weighted by atomic mass is 10.1. The monoisotopic (exact) mass is 571 g/mol. The molecule has 0 saturated carbocycles. The second-order valence-electron chi connectivity index (χ2n) is 8.64. The highest BCUT2D eigenvalue weighted by Crippen LogP contribution is 2.46. The molecule has 1 unspecified atom stereocenters. The zero-order valence-corrected chi connectivity index (χ0v) is 22.0. The van der Waals surface area contributed by atoms with Crippen molar-refractivity contribution < 1.29 is 14.6 Å². The predicted molar refractivity (Wildman–Crippen MR) is 150 cm³/mol. The molecule has 3 heterocycles. The van der Waals surface area contributed by atoms with Crippen LogP contribution in [0.4, 0.5) is 16.5 Å². The summed E-state index contributed by atoms with van der Waals surface area (Å²) in [6, 6.07) is 21.6. The molecule has 0 radical (unpaired) electrons. The standard InChI is InChI=1S/C26H17N7O5S2/c34-22-15-39-25(31(22)26-28-27-24(40-26)16-9-11-19(12-10-16)32(35)36)21-14-30(18-6-2-1-3-7-18)29-23(21)17-5-4-8-20(13-17)33(37)38/h1-14,25H,15H2. The van der Waals surface area contributed by atoms with E-state index in [9.17, 15) is 25.0 Å². The van der Waals surface area contributed by atoms with Crippen LogP contribution in [-0.2, 0) is 4.79 Å². The van der Waals surface area contributed by atoms with Gasteiger partial charge in [0.05, 0.1) is 27.0 Å². The van der Waals surface area contributed by atoms with E-state index in [1.54, 1.807) is 33.8 Å². The minimum Gasteiger partial charge on any atom is -0.273 e. The summed E-state index contributed by atoms with van der Waals surface area (Å²) in [5.41, 5.74) is 3.06. The van der Waals surface area contributed by atoms with Crippen molar-refractivity contribution >= 4 is 45.5 Å². The molecule has 1 aliphatic heterocycles. The van der Waals surface area contributed by atoms with E-state index in [1.165, 1.54) is 47.4 Å². The first-order valence-electron chi connectivity index (χ1n) is 11.8. The summed E-state index contributed by atoms with van der Waals surface area (Å²) in [5, 5.41) is 36.1. The lowest BCUT2D eigenvalue weighted by Crippen LogP contribution is -2.27. The minimum atomic E-state index is -0.517. The van der Waals surface area contributed by atoms with Gasteiger partial charge in [-0.15, -0.1) is 22.0 Å². The number of hydrogen-bond donors (Lipinski definition) is 0. The third-order valence-electron chi connectivity index (χ3n) is 6.17. The Hall–Kier alpha value is -4.95. The molecular weight excluding hydrogens is 554 g/mol. The molecule has 40 heavy (non-hydrogen) atoms. The van der Waals surface area contributed by atoms with Gasteiger partial charge in [-0.25, -0.2) is 4.68 Å². The van der Waals surface area contributed by atoms with Crippen LogP contribution in [0.5, 0.6) is 0 Å². The van der Waals surface area contributed by atoms with Crippen molar-refractivity contribution in [2.75, 3.05) is 10.7 Å². The number of hydrogen-bond acceptors (Lipinski definition) is 10. The van der Waals surface area contributed by atoms with Crippen LogP contribution in [0.1, 0.15) is 10.9 Å². The summed E-state index contributed by atoms with van der Waals surface area (Å²) in [5.74, 6) is 0.0287. The van der Waals surface area contributed by atoms with E-state index in [4.69, 9.17) is 5.10 Å². The first-order valence-corrected chi connectivity index (χ1v) is 13.7. The molecule has 0 bridgehead atoms. The van der Waals surface area contributed by atoms with Gasteiger partial charge in [-0.1, -0.05) is 41.7 Å². The molecule has 1 atom stereocenters. The Morgan fingerprint density at radius 1 is 0.850 bits per heavy atom. The molecule has 6 rings (SSSR count). The predicted octanol–water partition coefficient (Wildman–Crippen LogP) is 5.65. The molecule has 2 aromatic heterocycles. The molecule has 1 fully saturated rings. The number of carbonyl (C=O) groups excluding carboxylic acids is 1. The Morgan fingerprint density at radius 2 is 1.60 bits per heavy atom. The Labute approximate surface area is 234 Å². The number of anilines is 1. The van der Waals surface area contributed by atoms with Gasteiger partial charge in [0, 0.05) is 47.2 Å². The number of thioether (sulfide) groups is 1. The number of aromatic nitrogens is 4. The normalized spacial score (nSPS) is 14.9. The summed E-state index contributed by atoms with van der Waals surface area (Å²) in [6.07, 6.45) is 1.82. The lowest BCUT2D eigenvalue weighted by Gasteiger charge is -2.20. The molecule has 0 aliphatic carbocycles. The number of nitro benzene ring substituents is 2. The van der Waals surface area contributed by atoms with Crippen molar-refractivity contribution in [1.29, 1.82) is 0 Å². The lowest BCUT2D eigenvalue weighted by molar-refractivity contribution is -0.385. The number of para-hydroxylation sites is 1. The van der Waals surface area contributed by atoms with Gasteiger partial charge in [0.2, 0.25) is 11.0 Å². The number of nitrogens with zero attached hydrogens (tertiary/aromatic N) is 7. The van der Waals surface area contributed by atoms with E-state index in [1.807, 2.05) is 36.5 Å². The van der Waals surface area contributed by atoms with Crippen molar-refractivity contribution in [1.82, 2.24) is 20.0 Å². The molecule has 1 amide bonds. The first kappa shape index (κ1) is 25.3. The fourth-order valence-electron chi connectivity index (χ4n) is 4.29. The van der Waals surface area contributed by atoms with Crippen LogP contribution in [0.2, 0.25) is 0 Å². The van der Waals surface area contributed by atoms with Crippen molar-refractivity contribution in [3.63, 3.8) is 0 Å². The third-order valence-corrected chi connectivity index (χ3v) is 8.34. The average Bonchev–Trinajstić information content (AvgIpc) is 3.72. The highest BCUT2D eigenvalue weighted by molar-refractivity contribution is 8.00. The maximum Gasteiger partial charge on any atom is 0.270 e. The maximum atomic E-state index is 13.1. The van der Waals surface area contributed by atoms with Crippen molar-refractivity contribution in [3.05, 3.63) is 111 Å². The molecule has 0 spiro atoms. The van der Waals surface area contributed by atoms with Gasteiger partial charge in [0.25, 0.3) is 11.4 Å². The second kappa shape index (κ2) is 10.3. The van der Waals surface area contributed by atoms with E-state index >= 15 is 0 Å². The molecule has 0 N–H and O–H groups in total. The van der Waals surface area contributed by atoms with Crippen LogP contribution in [0, 0.1) is 20.2 Å². The Bertz CT molecular complexity index is 1750. The number of carbonyl (C=O) groups is 1. The van der Waals surface area contributed by atoms with E-state index in [0.29, 0.717) is 32.5 Å². The zero-order valence-electron chi connectivity index (χ0n) is 20.4. The second-order valence-corrected chi connectivity index (χ2v) is 10.7. The minimum absolute atomic E-state index is 0.0382. The van der Waals surface area contributed by atoms with E-state index < -0.39 is 15.2 Å². The number of nitro groups is 2. The largest absolute Gasteiger partial charge is 0.273 e. The van der Waals surface area contributed by atoms with Gasteiger partial charge in [0.1, 0.15) is 10.4 Å². The van der Waals surface area contributed by atoms with Gasteiger partial charge in [-0.05, 0) is 24.3 Å². The van der Waals surface area contributed by atoms with E-state index in [0.717, 1.165) is 5.69 Å². The van der Waals surface area contributed by atoms with Crippen LogP contribution < -0.4 is 4.90 Å². The highest BCUT2D eigenvalue weighted by Gasteiger charge is 2.39. The van der Waals surface area contributed by atoms with Crippen LogP contribution in [-0.4, -0.2) is 41.5 Å². The SMILES string of the molecule is O=C1CSC(c2cn(-c3ccccc3)nc2-c2cccc([N+](=O)[O-])c2)N1c1nnc(-c2ccc([N+](=O)[O-])cc2)s1. The molecule has 12 nitrogen and oxygen atoms in total. The van der Waals surface area contributed by atoms with Crippen LogP contribution in [0.25, 0.3) is 27.5 Å². The Kier molecular flexibility index (Phi) is 6.53. The molecule has 1 saturated heterocycles. The molecule has 5 aromatic rings. The van der Waals surface area contributed by atoms with Gasteiger partial charge in [-0.3, -0.25) is 29.9 Å². The Morgan fingerprint density at radius 3 is 2.33 bits per heavy atom. The highest BCUT2D eigenvalue weighted by atomic mass is 32.2. The van der Waals surface area contributed by atoms with Crippen molar-refractivity contribution in [3.8, 4) is 27.5 Å². The maximum absolute atomic E-state index is 13.1. The van der Waals surface area contributed by atoms with Gasteiger partial charge in [-0.2, -0.15) is 5.10 Å². The first-order chi connectivity index (χ1) is 19.4. The summed E-state index contributed by atoms with van der Waals surface area (Å²) in [6.45, 7) is 0. The van der Waals surface area contributed by atoms with E-state index in [-0.39, 0.29) is 23.0 Å². The summed E-state index contributed by atoms with van der Waals surface area (Å²) < 4.78 is 1.69. The number of amides is 1. The van der Waals surface area contributed by atoms with Crippen LogP contribution in [0.3, 0.4) is 0 Å². The fraction of sp³-hybridized carbons (Fsp3) is 0.0769. The molecular formula is C26H17N7O5S2. The topological polar surface area (TPSA) is 150 Å². The zero-order chi connectivity index (χ0) is 27.8. The third kappa shape index (κ3) is 4.69. The number of benzene rings is 3. The summed E-state index contributed by atoms with van der Waals surface area (Å²) in [7, 11) is 0. The van der Waals surface area contributed by atoms with Gasteiger partial charge < -0.3 is 0 Å². The van der Waals surface area contributed by atoms with Crippen LogP contribution >= 0.6 is 23.1 Å². The number of non-ortho nitro benzene ring substituents is 2. The molecule has 1 aliphatic rings.